The number of hydrogen-bond donors (Lipinski definition) is 0. The van der Waals surface area contributed by atoms with E-state index in [1.807, 2.05) is 24.3 Å². The molecule has 26 heavy (non-hydrogen) atoms. The van der Waals surface area contributed by atoms with Gasteiger partial charge in [0.25, 0.3) is 0 Å². The monoisotopic (exact) mass is 378 g/mol. The molecule has 0 atom stereocenters. The Balaban J connectivity index is 1.78. The summed E-state index contributed by atoms with van der Waals surface area (Å²) in [5, 5.41) is 1.56. The van der Waals surface area contributed by atoms with Crippen LogP contribution in [-0.4, -0.2) is 0 Å². The predicted molar refractivity (Wildman–Crippen MR) is 111 cm³/mol. The standard InChI is InChI=1S/C24H20Cl2/c25-21-11-7-18(8-12-21)16-24(17-19-9-13-22(26)14-10-19)15-3-5-20-4-1-2-6-23(20)24/h1-4,6-15H,5,16-17H2. The largest absolute Gasteiger partial charge is 0.0843 e. The van der Waals surface area contributed by atoms with Gasteiger partial charge in [-0.15, -0.1) is 0 Å². The summed E-state index contributed by atoms with van der Waals surface area (Å²) in [6, 6.07) is 25.3. The summed E-state index contributed by atoms with van der Waals surface area (Å²) in [7, 11) is 0. The second kappa shape index (κ2) is 7.31. The van der Waals surface area contributed by atoms with Crippen molar-refractivity contribution in [2.45, 2.75) is 24.7 Å². The highest BCUT2D eigenvalue weighted by Gasteiger charge is 2.33. The van der Waals surface area contributed by atoms with Gasteiger partial charge in [-0.2, -0.15) is 0 Å². The summed E-state index contributed by atoms with van der Waals surface area (Å²) in [6.07, 6.45) is 7.60. The quantitative estimate of drug-likeness (QED) is 0.436. The smallest absolute Gasteiger partial charge is 0.0406 e. The third-order valence-corrected chi connectivity index (χ3v) is 5.70. The van der Waals surface area contributed by atoms with E-state index in [0.717, 1.165) is 29.3 Å². The predicted octanol–water partition coefficient (Wildman–Crippen LogP) is 6.83. The van der Waals surface area contributed by atoms with Crippen molar-refractivity contribution >= 4 is 23.2 Å². The molecule has 0 N–H and O–H groups in total. The van der Waals surface area contributed by atoms with E-state index >= 15 is 0 Å². The Hall–Kier alpha value is -2.02. The van der Waals surface area contributed by atoms with E-state index in [4.69, 9.17) is 23.2 Å². The van der Waals surface area contributed by atoms with E-state index in [9.17, 15) is 0 Å². The molecule has 0 bridgehead atoms. The molecule has 130 valence electrons. The summed E-state index contributed by atoms with van der Waals surface area (Å²) in [4.78, 5) is 0. The SMILES string of the molecule is Clc1ccc(CC2(Cc3ccc(Cl)cc3)C=CCc3ccccc32)cc1. The summed E-state index contributed by atoms with van der Waals surface area (Å²) < 4.78 is 0. The van der Waals surface area contributed by atoms with Crippen LogP contribution in [-0.2, 0) is 24.7 Å². The van der Waals surface area contributed by atoms with E-state index in [-0.39, 0.29) is 5.41 Å². The molecule has 3 aromatic carbocycles. The number of fused-ring (bicyclic) bond motifs is 1. The first-order valence-electron chi connectivity index (χ1n) is 8.90. The molecule has 3 aromatic rings. The Morgan fingerprint density at radius 2 is 1.23 bits per heavy atom. The lowest BCUT2D eigenvalue weighted by Crippen LogP contribution is -2.32. The number of hydrogen-bond acceptors (Lipinski definition) is 0. The second-order valence-electron chi connectivity index (χ2n) is 7.03. The van der Waals surface area contributed by atoms with Crippen molar-refractivity contribution < 1.29 is 0 Å². The van der Waals surface area contributed by atoms with Gasteiger partial charge in [0.15, 0.2) is 0 Å². The van der Waals surface area contributed by atoms with Gasteiger partial charge >= 0.3 is 0 Å². The van der Waals surface area contributed by atoms with Crippen LogP contribution in [0.25, 0.3) is 0 Å². The number of benzene rings is 3. The van der Waals surface area contributed by atoms with Crippen molar-refractivity contribution in [3.05, 3.63) is 117 Å². The third-order valence-electron chi connectivity index (χ3n) is 5.19. The van der Waals surface area contributed by atoms with Gasteiger partial charge in [0.2, 0.25) is 0 Å². The number of rotatable bonds is 4. The highest BCUT2D eigenvalue weighted by molar-refractivity contribution is 6.30. The van der Waals surface area contributed by atoms with Crippen molar-refractivity contribution in [2.24, 2.45) is 0 Å². The lowest BCUT2D eigenvalue weighted by Gasteiger charge is -2.36. The van der Waals surface area contributed by atoms with Crippen molar-refractivity contribution in [2.75, 3.05) is 0 Å². The minimum atomic E-state index is -0.0590. The maximum atomic E-state index is 6.09. The van der Waals surface area contributed by atoms with E-state index in [2.05, 4.69) is 60.7 Å². The van der Waals surface area contributed by atoms with Crippen molar-refractivity contribution in [1.82, 2.24) is 0 Å². The summed E-state index contributed by atoms with van der Waals surface area (Å²) in [5.74, 6) is 0. The summed E-state index contributed by atoms with van der Waals surface area (Å²) in [6.45, 7) is 0. The lowest BCUT2D eigenvalue weighted by atomic mass is 9.67. The first-order valence-corrected chi connectivity index (χ1v) is 9.65. The van der Waals surface area contributed by atoms with Gasteiger partial charge in [-0.05, 0) is 65.8 Å². The molecule has 0 heterocycles. The molecule has 4 rings (SSSR count). The third kappa shape index (κ3) is 3.58. The molecule has 0 saturated heterocycles. The molecule has 0 unspecified atom stereocenters. The van der Waals surface area contributed by atoms with Crippen LogP contribution in [0.2, 0.25) is 10.0 Å². The minimum absolute atomic E-state index is 0.0590. The Morgan fingerprint density at radius 1 is 0.692 bits per heavy atom. The molecule has 0 radical (unpaired) electrons. The van der Waals surface area contributed by atoms with Gasteiger partial charge in [-0.25, -0.2) is 0 Å². The van der Waals surface area contributed by atoms with Crippen molar-refractivity contribution in [1.29, 1.82) is 0 Å². The Labute approximate surface area is 165 Å². The van der Waals surface area contributed by atoms with Crippen LogP contribution in [0.1, 0.15) is 22.3 Å². The van der Waals surface area contributed by atoms with Crippen LogP contribution >= 0.6 is 23.2 Å². The minimum Gasteiger partial charge on any atom is -0.0843 e. The molecule has 1 aliphatic carbocycles. The Morgan fingerprint density at radius 3 is 1.81 bits per heavy atom. The molecule has 0 amide bonds. The average molecular weight is 379 g/mol. The molecule has 0 nitrogen and oxygen atoms in total. The fraction of sp³-hybridized carbons (Fsp3) is 0.167. The van der Waals surface area contributed by atoms with Crippen LogP contribution in [0.4, 0.5) is 0 Å². The van der Waals surface area contributed by atoms with Gasteiger partial charge in [-0.1, -0.05) is 83.9 Å². The Kier molecular flexibility index (Phi) is 4.89. The van der Waals surface area contributed by atoms with Crippen LogP contribution in [0.15, 0.2) is 84.9 Å². The highest BCUT2D eigenvalue weighted by atomic mass is 35.5. The van der Waals surface area contributed by atoms with Gasteiger partial charge < -0.3 is 0 Å². The molecule has 0 aliphatic heterocycles. The van der Waals surface area contributed by atoms with Gasteiger partial charge in [0.05, 0.1) is 0 Å². The molecule has 2 heteroatoms. The fourth-order valence-corrected chi connectivity index (χ4v) is 4.24. The number of allylic oxidation sites excluding steroid dienone is 2. The molecule has 0 spiro atoms. The number of halogens is 2. The van der Waals surface area contributed by atoms with Crippen molar-refractivity contribution in [3.8, 4) is 0 Å². The first-order chi connectivity index (χ1) is 12.6. The normalized spacial score (nSPS) is 14.8. The lowest BCUT2D eigenvalue weighted by molar-refractivity contribution is 0.515. The molecule has 0 saturated carbocycles. The maximum absolute atomic E-state index is 6.09. The van der Waals surface area contributed by atoms with Crippen LogP contribution in [0.3, 0.4) is 0 Å². The highest BCUT2D eigenvalue weighted by Crippen LogP contribution is 2.39. The zero-order chi connectivity index (χ0) is 18.0. The van der Waals surface area contributed by atoms with Gasteiger partial charge in [0.1, 0.15) is 0 Å². The molecule has 0 aromatic heterocycles. The van der Waals surface area contributed by atoms with Crippen molar-refractivity contribution in [3.63, 3.8) is 0 Å². The van der Waals surface area contributed by atoms with E-state index < -0.39 is 0 Å². The molecule has 1 aliphatic rings. The Bertz CT molecular complexity index is 874. The molecule has 0 fully saturated rings. The average Bonchev–Trinajstić information content (AvgIpc) is 2.66. The van der Waals surface area contributed by atoms with Crippen LogP contribution in [0.5, 0.6) is 0 Å². The topological polar surface area (TPSA) is 0 Å². The zero-order valence-corrected chi connectivity index (χ0v) is 16.0. The van der Waals surface area contributed by atoms with E-state index in [0.29, 0.717) is 0 Å². The molecular formula is C24H20Cl2. The van der Waals surface area contributed by atoms with Crippen LogP contribution < -0.4 is 0 Å². The van der Waals surface area contributed by atoms with Gasteiger partial charge in [0, 0.05) is 15.5 Å². The maximum Gasteiger partial charge on any atom is 0.0406 e. The van der Waals surface area contributed by atoms with E-state index in [1.54, 1.807) is 0 Å². The summed E-state index contributed by atoms with van der Waals surface area (Å²) >= 11 is 12.2. The molecular weight excluding hydrogens is 359 g/mol. The second-order valence-corrected chi connectivity index (χ2v) is 7.90. The van der Waals surface area contributed by atoms with E-state index in [1.165, 1.54) is 22.3 Å². The van der Waals surface area contributed by atoms with Gasteiger partial charge in [-0.3, -0.25) is 0 Å². The summed E-state index contributed by atoms with van der Waals surface area (Å²) in [5.41, 5.74) is 5.37. The van der Waals surface area contributed by atoms with Crippen LogP contribution in [0, 0.1) is 0 Å². The fourth-order valence-electron chi connectivity index (χ4n) is 3.99. The zero-order valence-electron chi connectivity index (χ0n) is 14.5. The first kappa shape index (κ1) is 17.4.